The molecule has 0 spiro atoms. The lowest BCUT2D eigenvalue weighted by molar-refractivity contribution is -0.138. The molecule has 7 nitrogen and oxygen atoms in total. The first-order chi connectivity index (χ1) is 13.7. The van der Waals surface area contributed by atoms with Gasteiger partial charge in [-0.05, 0) is 32.6 Å². The van der Waals surface area contributed by atoms with E-state index in [0.717, 1.165) is 56.5 Å². The summed E-state index contributed by atoms with van der Waals surface area (Å²) in [7, 11) is 0. The summed E-state index contributed by atoms with van der Waals surface area (Å²) in [6.45, 7) is 6.65. The van der Waals surface area contributed by atoms with E-state index >= 15 is 0 Å². The molecule has 0 bridgehead atoms. The number of nitrogens with zero attached hydrogens (tertiary/aromatic N) is 4. The average Bonchev–Trinajstić information content (AvgIpc) is 2.74. The van der Waals surface area contributed by atoms with Crippen LogP contribution in [0, 0.1) is 12.8 Å². The van der Waals surface area contributed by atoms with Crippen LogP contribution in [0.15, 0.2) is 6.07 Å². The van der Waals surface area contributed by atoms with Crippen LogP contribution in [0.2, 0.25) is 0 Å². The molecule has 154 valence electrons. The van der Waals surface area contributed by atoms with Gasteiger partial charge in [0.2, 0.25) is 11.9 Å². The zero-order valence-electron chi connectivity index (χ0n) is 17.0. The van der Waals surface area contributed by atoms with Crippen molar-refractivity contribution in [3.05, 3.63) is 11.8 Å². The first-order valence-electron chi connectivity index (χ1n) is 10.9. The molecule has 0 unspecified atom stereocenters. The normalized spacial score (nSPS) is 22.3. The first-order valence-corrected chi connectivity index (χ1v) is 10.9. The maximum Gasteiger partial charge on any atom is 0.225 e. The molecule has 1 aromatic heterocycles. The molecule has 1 N–H and O–H groups in total. The molecule has 1 saturated carbocycles. The second-order valence-electron chi connectivity index (χ2n) is 8.37. The molecular formula is C21H33N5O2. The van der Waals surface area contributed by atoms with Crippen molar-refractivity contribution in [3.63, 3.8) is 0 Å². The number of anilines is 2. The lowest BCUT2D eigenvalue weighted by Crippen LogP contribution is -2.51. The fourth-order valence-electron chi connectivity index (χ4n) is 4.57. The minimum absolute atomic E-state index is 0.146. The Morgan fingerprint density at radius 1 is 1.04 bits per heavy atom. The smallest absolute Gasteiger partial charge is 0.225 e. The predicted octanol–water partition coefficient (Wildman–Crippen LogP) is 2.60. The van der Waals surface area contributed by atoms with Crippen molar-refractivity contribution < 1.29 is 9.53 Å². The van der Waals surface area contributed by atoms with E-state index < -0.39 is 0 Å². The zero-order valence-corrected chi connectivity index (χ0v) is 17.0. The Balaban J connectivity index is 1.35. The van der Waals surface area contributed by atoms with Gasteiger partial charge in [-0.15, -0.1) is 0 Å². The van der Waals surface area contributed by atoms with Crippen LogP contribution in [-0.2, 0) is 9.53 Å². The lowest BCUT2D eigenvalue weighted by Gasteiger charge is -2.37. The highest BCUT2D eigenvalue weighted by molar-refractivity contribution is 5.79. The summed E-state index contributed by atoms with van der Waals surface area (Å²) in [5.41, 5.74) is 0.990. The van der Waals surface area contributed by atoms with Gasteiger partial charge in [0.15, 0.2) is 0 Å². The SMILES string of the molecule is Cc1cc(N2CCN(C(=O)C3CCOCC3)CC2)nc(NC2CCCCC2)n1. The van der Waals surface area contributed by atoms with E-state index in [2.05, 4.69) is 21.3 Å². The monoisotopic (exact) mass is 387 g/mol. The Morgan fingerprint density at radius 3 is 2.46 bits per heavy atom. The third-order valence-corrected chi connectivity index (χ3v) is 6.26. The second-order valence-corrected chi connectivity index (χ2v) is 8.37. The Hall–Kier alpha value is -1.89. The molecule has 2 aliphatic heterocycles. The van der Waals surface area contributed by atoms with Crippen LogP contribution < -0.4 is 10.2 Å². The van der Waals surface area contributed by atoms with Crippen LogP contribution >= 0.6 is 0 Å². The van der Waals surface area contributed by atoms with Crippen molar-refractivity contribution in [2.45, 2.75) is 57.9 Å². The van der Waals surface area contributed by atoms with Crippen LogP contribution in [0.3, 0.4) is 0 Å². The Morgan fingerprint density at radius 2 is 1.75 bits per heavy atom. The highest BCUT2D eigenvalue weighted by Crippen LogP contribution is 2.23. The zero-order chi connectivity index (χ0) is 19.3. The first kappa shape index (κ1) is 19.4. The van der Waals surface area contributed by atoms with Crippen molar-refractivity contribution in [2.75, 3.05) is 49.6 Å². The third-order valence-electron chi connectivity index (χ3n) is 6.26. The van der Waals surface area contributed by atoms with Gasteiger partial charge in [-0.2, -0.15) is 4.98 Å². The second kappa shape index (κ2) is 9.07. The van der Waals surface area contributed by atoms with Gasteiger partial charge in [-0.3, -0.25) is 4.79 Å². The third kappa shape index (κ3) is 4.74. The molecule has 3 heterocycles. The van der Waals surface area contributed by atoms with Crippen LogP contribution in [-0.4, -0.2) is 66.2 Å². The van der Waals surface area contributed by atoms with Crippen molar-refractivity contribution in [1.82, 2.24) is 14.9 Å². The average molecular weight is 388 g/mol. The van der Waals surface area contributed by atoms with Gasteiger partial charge in [0.1, 0.15) is 5.82 Å². The fraction of sp³-hybridized carbons (Fsp3) is 0.762. The molecule has 3 aliphatic rings. The molecule has 1 aliphatic carbocycles. The Labute approximate surface area is 167 Å². The minimum atomic E-state index is 0.146. The van der Waals surface area contributed by atoms with Gasteiger partial charge < -0.3 is 19.9 Å². The number of aromatic nitrogens is 2. The minimum Gasteiger partial charge on any atom is -0.381 e. The van der Waals surface area contributed by atoms with Gasteiger partial charge in [0.25, 0.3) is 0 Å². The van der Waals surface area contributed by atoms with Crippen LogP contribution in [0.5, 0.6) is 0 Å². The quantitative estimate of drug-likeness (QED) is 0.856. The van der Waals surface area contributed by atoms with Crippen molar-refractivity contribution in [1.29, 1.82) is 0 Å². The molecule has 4 rings (SSSR count). The van der Waals surface area contributed by atoms with Gasteiger partial charge in [0, 0.05) is 63.1 Å². The molecule has 1 amide bonds. The van der Waals surface area contributed by atoms with Gasteiger partial charge in [-0.1, -0.05) is 19.3 Å². The predicted molar refractivity (Wildman–Crippen MR) is 110 cm³/mol. The van der Waals surface area contributed by atoms with Crippen LogP contribution in [0.4, 0.5) is 11.8 Å². The Bertz CT molecular complexity index is 663. The number of hydrogen-bond donors (Lipinski definition) is 1. The summed E-state index contributed by atoms with van der Waals surface area (Å²) in [6, 6.07) is 2.56. The Kier molecular flexibility index (Phi) is 6.29. The van der Waals surface area contributed by atoms with Gasteiger partial charge >= 0.3 is 0 Å². The largest absolute Gasteiger partial charge is 0.381 e. The highest BCUT2D eigenvalue weighted by Gasteiger charge is 2.29. The molecule has 0 radical (unpaired) electrons. The van der Waals surface area contributed by atoms with Crippen molar-refractivity contribution in [3.8, 4) is 0 Å². The summed E-state index contributed by atoms with van der Waals surface area (Å²) < 4.78 is 5.39. The summed E-state index contributed by atoms with van der Waals surface area (Å²) >= 11 is 0. The molecule has 2 saturated heterocycles. The molecule has 1 aromatic rings. The number of piperazine rings is 1. The number of aryl methyl sites for hydroxylation is 1. The van der Waals surface area contributed by atoms with E-state index in [0.29, 0.717) is 25.2 Å². The fourth-order valence-corrected chi connectivity index (χ4v) is 4.57. The number of carbonyl (C=O) groups excluding carboxylic acids is 1. The van der Waals surface area contributed by atoms with Crippen LogP contribution in [0.1, 0.15) is 50.6 Å². The summed E-state index contributed by atoms with van der Waals surface area (Å²) in [6.07, 6.45) is 8.06. The lowest BCUT2D eigenvalue weighted by atomic mass is 9.96. The number of carbonyl (C=O) groups is 1. The molecule has 28 heavy (non-hydrogen) atoms. The molecule has 0 atom stereocenters. The van der Waals surface area contributed by atoms with Gasteiger partial charge in [0.05, 0.1) is 0 Å². The number of rotatable bonds is 4. The van der Waals surface area contributed by atoms with E-state index in [1.54, 1.807) is 0 Å². The standard InChI is InChI=1S/C21H33N5O2/c1-16-15-19(24-21(22-16)23-18-5-3-2-4-6-18)25-9-11-26(12-10-25)20(27)17-7-13-28-14-8-17/h15,17-18H,2-14H2,1H3,(H,22,23,24). The molecule has 7 heteroatoms. The highest BCUT2D eigenvalue weighted by atomic mass is 16.5. The van der Waals surface area contributed by atoms with E-state index in [1.165, 1.54) is 32.1 Å². The van der Waals surface area contributed by atoms with Gasteiger partial charge in [-0.25, -0.2) is 4.98 Å². The number of amides is 1. The molecular weight excluding hydrogens is 354 g/mol. The number of hydrogen-bond acceptors (Lipinski definition) is 6. The molecule has 3 fully saturated rings. The van der Waals surface area contributed by atoms with Crippen molar-refractivity contribution in [2.24, 2.45) is 5.92 Å². The maximum atomic E-state index is 12.7. The number of ether oxygens (including phenoxy) is 1. The summed E-state index contributed by atoms with van der Waals surface area (Å²) in [4.78, 5) is 26.5. The van der Waals surface area contributed by atoms with E-state index in [-0.39, 0.29) is 5.92 Å². The summed E-state index contributed by atoms with van der Waals surface area (Å²) in [5.74, 6) is 2.18. The van der Waals surface area contributed by atoms with E-state index in [1.807, 2.05) is 11.8 Å². The van der Waals surface area contributed by atoms with Crippen LogP contribution in [0.25, 0.3) is 0 Å². The maximum absolute atomic E-state index is 12.7. The topological polar surface area (TPSA) is 70.6 Å². The van der Waals surface area contributed by atoms with E-state index in [4.69, 9.17) is 9.72 Å². The summed E-state index contributed by atoms with van der Waals surface area (Å²) in [5, 5.41) is 3.55. The molecule has 0 aromatic carbocycles. The number of nitrogens with one attached hydrogen (secondary N) is 1. The van der Waals surface area contributed by atoms with E-state index in [9.17, 15) is 4.79 Å². The van der Waals surface area contributed by atoms with Crippen molar-refractivity contribution >= 4 is 17.7 Å².